The van der Waals surface area contributed by atoms with E-state index in [0.29, 0.717) is 6.54 Å². The number of rotatable bonds is 4. The highest BCUT2D eigenvalue weighted by molar-refractivity contribution is 7.19. The minimum Gasteiger partial charge on any atom is -0.497 e. The molecule has 1 heterocycles. The molecular weight excluding hydrogens is 236 g/mol. The average molecular weight is 246 g/mol. The number of benzene rings is 1. The molecule has 0 saturated carbocycles. The molecule has 0 aliphatic heterocycles. The number of thiazole rings is 1. The lowest BCUT2D eigenvalue weighted by atomic mass is 10.3. The van der Waals surface area contributed by atoms with Crippen LogP contribution in [-0.2, 0) is 0 Å². The summed E-state index contributed by atoms with van der Waals surface area (Å²) in [4.78, 5) is 7.10. The summed E-state index contributed by atoms with van der Waals surface area (Å²) in [5.41, 5.74) is 9.08. The van der Waals surface area contributed by atoms with Crippen LogP contribution in [-0.4, -0.2) is 18.6 Å². The van der Waals surface area contributed by atoms with Gasteiger partial charge in [0.05, 0.1) is 17.3 Å². The molecular formula is C11H10N4OS. The molecule has 86 valence electrons. The van der Waals surface area contributed by atoms with E-state index in [0.717, 1.165) is 21.0 Å². The Morgan fingerprint density at radius 1 is 1.59 bits per heavy atom. The second-order valence-electron chi connectivity index (χ2n) is 3.20. The zero-order valence-electron chi connectivity index (χ0n) is 9.20. The van der Waals surface area contributed by atoms with Crippen LogP contribution in [0.4, 0.5) is 0 Å². The van der Waals surface area contributed by atoms with Crippen molar-refractivity contribution in [3.63, 3.8) is 0 Å². The molecule has 0 fully saturated rings. The molecule has 5 nitrogen and oxygen atoms in total. The van der Waals surface area contributed by atoms with Crippen molar-refractivity contribution in [3.8, 4) is 5.75 Å². The summed E-state index contributed by atoms with van der Waals surface area (Å²) < 4.78 is 6.23. The molecule has 0 atom stereocenters. The van der Waals surface area contributed by atoms with E-state index in [1.165, 1.54) is 0 Å². The van der Waals surface area contributed by atoms with Gasteiger partial charge < -0.3 is 4.74 Å². The van der Waals surface area contributed by atoms with Gasteiger partial charge in [-0.2, -0.15) is 0 Å². The van der Waals surface area contributed by atoms with E-state index >= 15 is 0 Å². The van der Waals surface area contributed by atoms with Crippen molar-refractivity contribution < 1.29 is 4.74 Å². The van der Waals surface area contributed by atoms with Crippen LogP contribution < -0.4 is 4.74 Å². The quantitative estimate of drug-likeness (QED) is 0.469. The van der Waals surface area contributed by atoms with Gasteiger partial charge in [0.1, 0.15) is 10.8 Å². The minimum absolute atomic E-state index is 0.343. The summed E-state index contributed by atoms with van der Waals surface area (Å²) in [6.07, 6.45) is 3.64. The molecule has 0 amide bonds. The second-order valence-corrected chi connectivity index (χ2v) is 4.26. The van der Waals surface area contributed by atoms with Crippen molar-refractivity contribution in [2.24, 2.45) is 5.11 Å². The number of aromatic nitrogens is 1. The van der Waals surface area contributed by atoms with Crippen molar-refractivity contribution in [2.45, 2.75) is 0 Å². The predicted molar refractivity (Wildman–Crippen MR) is 69.2 cm³/mol. The summed E-state index contributed by atoms with van der Waals surface area (Å²) in [7, 11) is 1.64. The Morgan fingerprint density at radius 2 is 2.47 bits per heavy atom. The Morgan fingerprint density at radius 3 is 3.24 bits per heavy atom. The average Bonchev–Trinajstić information content (AvgIpc) is 2.76. The maximum atomic E-state index is 8.13. The first-order chi connectivity index (χ1) is 8.33. The molecule has 0 unspecified atom stereocenters. The first kappa shape index (κ1) is 11.4. The summed E-state index contributed by atoms with van der Waals surface area (Å²) in [5.74, 6) is 0.825. The normalized spacial score (nSPS) is 10.6. The van der Waals surface area contributed by atoms with Crippen molar-refractivity contribution in [2.75, 3.05) is 13.7 Å². The molecule has 0 radical (unpaired) electrons. The third-order valence-electron chi connectivity index (χ3n) is 2.12. The molecule has 1 aromatic heterocycles. The molecule has 0 N–H and O–H groups in total. The SMILES string of the molecule is COc1ccc2nc(C=CCN=[N+]=[N-])sc2c1. The van der Waals surface area contributed by atoms with Gasteiger partial charge in [-0.3, -0.25) is 0 Å². The van der Waals surface area contributed by atoms with Crippen molar-refractivity contribution in [3.05, 3.63) is 39.7 Å². The van der Waals surface area contributed by atoms with Crippen LogP contribution in [0.5, 0.6) is 5.75 Å². The molecule has 6 heteroatoms. The molecule has 0 bridgehead atoms. The third-order valence-corrected chi connectivity index (χ3v) is 3.11. The van der Waals surface area contributed by atoms with Crippen LogP contribution in [0.3, 0.4) is 0 Å². The van der Waals surface area contributed by atoms with Gasteiger partial charge in [-0.15, -0.1) is 11.3 Å². The van der Waals surface area contributed by atoms with Crippen molar-refractivity contribution in [1.82, 2.24) is 4.98 Å². The van der Waals surface area contributed by atoms with Gasteiger partial charge in [0, 0.05) is 11.5 Å². The first-order valence-corrected chi connectivity index (χ1v) is 5.77. The van der Waals surface area contributed by atoms with Crippen LogP contribution >= 0.6 is 11.3 Å². The molecule has 0 aliphatic carbocycles. The monoisotopic (exact) mass is 246 g/mol. The summed E-state index contributed by atoms with van der Waals surface area (Å²) in [6, 6.07) is 5.77. The van der Waals surface area contributed by atoms with E-state index in [1.54, 1.807) is 24.5 Å². The Balaban J connectivity index is 2.25. The van der Waals surface area contributed by atoms with Gasteiger partial charge in [-0.1, -0.05) is 11.2 Å². The van der Waals surface area contributed by atoms with Gasteiger partial charge in [0.25, 0.3) is 0 Å². The van der Waals surface area contributed by atoms with Crippen LogP contribution in [0.2, 0.25) is 0 Å². The summed E-state index contributed by atoms with van der Waals surface area (Å²) in [6.45, 7) is 0.343. The van der Waals surface area contributed by atoms with Crippen LogP contribution in [0.25, 0.3) is 26.7 Å². The lowest BCUT2D eigenvalue weighted by molar-refractivity contribution is 0.415. The molecule has 2 aromatic rings. The zero-order chi connectivity index (χ0) is 12.1. The Bertz CT molecular complexity index is 599. The Hall–Kier alpha value is -2.04. The predicted octanol–water partition coefficient (Wildman–Crippen LogP) is 3.63. The number of fused-ring (bicyclic) bond motifs is 1. The maximum absolute atomic E-state index is 8.13. The third kappa shape index (κ3) is 2.75. The molecule has 0 aliphatic rings. The summed E-state index contributed by atoms with van der Waals surface area (Å²) in [5, 5.41) is 4.31. The number of azide groups is 1. The zero-order valence-corrected chi connectivity index (χ0v) is 10.0. The topological polar surface area (TPSA) is 70.9 Å². The number of hydrogen-bond acceptors (Lipinski definition) is 4. The molecule has 2 rings (SSSR count). The lowest BCUT2D eigenvalue weighted by Gasteiger charge is -1.96. The van der Waals surface area contributed by atoms with Gasteiger partial charge in [0.2, 0.25) is 0 Å². The molecule has 1 aromatic carbocycles. The Labute approximate surface area is 102 Å². The van der Waals surface area contributed by atoms with Crippen molar-refractivity contribution >= 4 is 27.6 Å². The fourth-order valence-electron chi connectivity index (χ4n) is 1.36. The lowest BCUT2D eigenvalue weighted by Crippen LogP contribution is -1.80. The highest BCUT2D eigenvalue weighted by Crippen LogP contribution is 2.26. The minimum atomic E-state index is 0.343. The van der Waals surface area contributed by atoms with E-state index in [4.69, 9.17) is 10.3 Å². The maximum Gasteiger partial charge on any atom is 0.120 e. The van der Waals surface area contributed by atoms with Gasteiger partial charge in [0.15, 0.2) is 0 Å². The van der Waals surface area contributed by atoms with E-state index in [9.17, 15) is 0 Å². The standard InChI is InChI=1S/C11H10N4OS/c1-16-8-4-5-9-10(7-8)17-11(14-9)3-2-6-13-15-12/h2-5,7H,6H2,1H3. The first-order valence-electron chi connectivity index (χ1n) is 4.95. The largest absolute Gasteiger partial charge is 0.497 e. The van der Waals surface area contributed by atoms with E-state index < -0.39 is 0 Å². The highest BCUT2D eigenvalue weighted by atomic mass is 32.1. The van der Waals surface area contributed by atoms with Gasteiger partial charge in [-0.25, -0.2) is 4.98 Å². The smallest absolute Gasteiger partial charge is 0.120 e. The van der Waals surface area contributed by atoms with Crippen LogP contribution in [0.15, 0.2) is 29.4 Å². The second kappa shape index (κ2) is 5.34. The van der Waals surface area contributed by atoms with Gasteiger partial charge in [-0.05, 0) is 29.8 Å². The fourth-order valence-corrected chi connectivity index (χ4v) is 2.29. The number of ether oxygens (including phenoxy) is 1. The number of nitrogens with zero attached hydrogens (tertiary/aromatic N) is 4. The summed E-state index contributed by atoms with van der Waals surface area (Å²) >= 11 is 1.57. The highest BCUT2D eigenvalue weighted by Gasteiger charge is 2.02. The fraction of sp³-hybridized carbons (Fsp3) is 0.182. The van der Waals surface area contributed by atoms with E-state index in [-0.39, 0.29) is 0 Å². The van der Waals surface area contributed by atoms with E-state index in [1.807, 2.05) is 24.3 Å². The molecule has 0 saturated heterocycles. The number of hydrogen-bond donors (Lipinski definition) is 0. The van der Waals surface area contributed by atoms with E-state index in [2.05, 4.69) is 15.0 Å². The van der Waals surface area contributed by atoms with Gasteiger partial charge >= 0.3 is 0 Å². The van der Waals surface area contributed by atoms with Crippen LogP contribution in [0, 0.1) is 0 Å². The Kier molecular flexibility index (Phi) is 3.59. The molecule has 17 heavy (non-hydrogen) atoms. The van der Waals surface area contributed by atoms with Crippen molar-refractivity contribution in [1.29, 1.82) is 0 Å². The van der Waals surface area contributed by atoms with Crippen LogP contribution in [0.1, 0.15) is 5.01 Å². The molecule has 0 spiro atoms. The number of methoxy groups -OCH3 is 1.